The number of carbonyl (C=O) groups is 1. The van der Waals surface area contributed by atoms with Crippen LogP contribution in [-0.2, 0) is 11.3 Å². The van der Waals surface area contributed by atoms with E-state index >= 15 is 0 Å². The molecule has 17 heavy (non-hydrogen) atoms. The Hall–Kier alpha value is -0.840. The highest BCUT2D eigenvalue weighted by atomic mass is 79.9. The summed E-state index contributed by atoms with van der Waals surface area (Å²) < 4.78 is 2.66. The molecule has 2 rings (SSSR count). The molecule has 0 aliphatic carbocycles. The summed E-state index contributed by atoms with van der Waals surface area (Å²) >= 11 is 3.40. The van der Waals surface area contributed by atoms with Crippen LogP contribution < -0.4 is 0 Å². The topological polar surface area (TPSA) is 38.1 Å². The van der Waals surface area contributed by atoms with Gasteiger partial charge >= 0.3 is 0 Å². The fraction of sp³-hybridized carbons (Fsp3) is 0.667. The molecule has 0 atom stereocenters. The number of hydrogen-bond donors (Lipinski definition) is 0. The minimum Gasteiger partial charge on any atom is -0.341 e. The highest BCUT2D eigenvalue weighted by molar-refractivity contribution is 9.10. The number of rotatable bonds is 2. The Kier molecular flexibility index (Phi) is 3.86. The molecule has 1 aromatic heterocycles. The van der Waals surface area contributed by atoms with E-state index in [2.05, 4.69) is 28.0 Å². The molecule has 1 amide bonds. The first-order valence-corrected chi connectivity index (χ1v) is 6.83. The normalized spacial score (nSPS) is 17.5. The predicted molar refractivity (Wildman–Crippen MR) is 69.6 cm³/mol. The Balaban J connectivity index is 1.93. The number of aryl methyl sites for hydroxylation is 1. The van der Waals surface area contributed by atoms with E-state index in [1.807, 2.05) is 18.0 Å². The van der Waals surface area contributed by atoms with Gasteiger partial charge in [0.2, 0.25) is 5.91 Å². The Labute approximate surface area is 110 Å². The Morgan fingerprint density at radius 2 is 2.18 bits per heavy atom. The van der Waals surface area contributed by atoms with Gasteiger partial charge in [-0.15, -0.1) is 0 Å². The van der Waals surface area contributed by atoms with Gasteiger partial charge in [0.15, 0.2) is 0 Å². The first kappa shape index (κ1) is 12.6. The lowest BCUT2D eigenvalue weighted by atomic mass is 9.99. The van der Waals surface area contributed by atoms with Crippen LogP contribution in [0.15, 0.2) is 10.7 Å². The summed E-state index contributed by atoms with van der Waals surface area (Å²) in [6.07, 6.45) is 4.10. The molecular weight excluding hydrogens is 282 g/mol. The van der Waals surface area contributed by atoms with Crippen LogP contribution in [0.3, 0.4) is 0 Å². The maximum absolute atomic E-state index is 12.0. The summed E-state index contributed by atoms with van der Waals surface area (Å²) in [5.74, 6) is 0.923. The van der Waals surface area contributed by atoms with Crippen LogP contribution in [-0.4, -0.2) is 33.7 Å². The zero-order chi connectivity index (χ0) is 12.4. The molecule has 94 valence electrons. The summed E-state index contributed by atoms with van der Waals surface area (Å²) in [5, 5.41) is 4.28. The van der Waals surface area contributed by atoms with Crippen LogP contribution in [0.4, 0.5) is 0 Å². The first-order chi connectivity index (χ1) is 8.06. The molecule has 1 fully saturated rings. The molecule has 0 unspecified atom stereocenters. The third-order valence-corrected chi connectivity index (χ3v) is 4.10. The fourth-order valence-corrected chi connectivity index (χ4v) is 2.39. The van der Waals surface area contributed by atoms with Crippen LogP contribution in [0, 0.1) is 12.8 Å². The van der Waals surface area contributed by atoms with Gasteiger partial charge in [0.25, 0.3) is 0 Å². The van der Waals surface area contributed by atoms with Gasteiger partial charge in [-0.2, -0.15) is 5.10 Å². The highest BCUT2D eigenvalue weighted by Crippen LogP contribution is 2.17. The van der Waals surface area contributed by atoms with Gasteiger partial charge in [-0.05, 0) is 41.6 Å². The summed E-state index contributed by atoms with van der Waals surface area (Å²) in [7, 11) is 0. The van der Waals surface area contributed by atoms with E-state index in [0.717, 1.165) is 42.0 Å². The van der Waals surface area contributed by atoms with E-state index in [0.29, 0.717) is 6.54 Å². The number of nitrogens with zero attached hydrogens (tertiary/aromatic N) is 3. The first-order valence-electron chi connectivity index (χ1n) is 6.03. The number of halogens is 1. The Morgan fingerprint density at radius 1 is 1.53 bits per heavy atom. The third-order valence-electron chi connectivity index (χ3n) is 3.32. The molecule has 0 bridgehead atoms. The van der Waals surface area contributed by atoms with E-state index < -0.39 is 0 Å². The van der Waals surface area contributed by atoms with Crippen LogP contribution in [0.2, 0.25) is 0 Å². The molecule has 0 radical (unpaired) electrons. The van der Waals surface area contributed by atoms with Crippen LogP contribution in [0.1, 0.15) is 25.5 Å². The van der Waals surface area contributed by atoms with Crippen molar-refractivity contribution in [1.29, 1.82) is 0 Å². The zero-order valence-corrected chi connectivity index (χ0v) is 11.9. The predicted octanol–water partition coefficient (Wildman–Crippen LogP) is 2.21. The van der Waals surface area contributed by atoms with Crippen molar-refractivity contribution in [3.05, 3.63) is 16.4 Å². The van der Waals surface area contributed by atoms with Crippen molar-refractivity contribution in [2.24, 2.45) is 5.92 Å². The van der Waals surface area contributed by atoms with E-state index in [1.54, 1.807) is 4.68 Å². The summed E-state index contributed by atoms with van der Waals surface area (Å²) in [4.78, 5) is 14.0. The largest absolute Gasteiger partial charge is 0.341 e. The highest BCUT2D eigenvalue weighted by Gasteiger charge is 2.20. The lowest BCUT2D eigenvalue weighted by Gasteiger charge is -2.30. The molecule has 0 N–H and O–H groups in total. The minimum atomic E-state index is 0.173. The molecule has 0 spiro atoms. The van der Waals surface area contributed by atoms with Crippen LogP contribution in [0.25, 0.3) is 0 Å². The molecule has 1 aromatic rings. The summed E-state index contributed by atoms with van der Waals surface area (Å²) in [6.45, 7) is 6.30. The average Bonchev–Trinajstić information content (AvgIpc) is 2.58. The van der Waals surface area contributed by atoms with Crippen molar-refractivity contribution in [2.75, 3.05) is 13.1 Å². The van der Waals surface area contributed by atoms with Gasteiger partial charge in [-0.1, -0.05) is 6.92 Å². The third kappa shape index (κ3) is 3.09. The molecule has 2 heterocycles. The number of hydrogen-bond acceptors (Lipinski definition) is 2. The van der Waals surface area contributed by atoms with Crippen molar-refractivity contribution in [1.82, 2.24) is 14.7 Å². The van der Waals surface area contributed by atoms with Crippen LogP contribution >= 0.6 is 15.9 Å². The van der Waals surface area contributed by atoms with Gasteiger partial charge in [0, 0.05) is 19.3 Å². The van der Waals surface area contributed by atoms with E-state index in [1.165, 1.54) is 0 Å². The molecule has 4 nitrogen and oxygen atoms in total. The van der Waals surface area contributed by atoms with E-state index in [4.69, 9.17) is 0 Å². The molecule has 1 saturated heterocycles. The smallest absolute Gasteiger partial charge is 0.244 e. The van der Waals surface area contributed by atoms with Crippen LogP contribution in [0.5, 0.6) is 0 Å². The van der Waals surface area contributed by atoms with Gasteiger partial charge in [-0.25, -0.2) is 0 Å². The molecule has 0 aromatic carbocycles. The number of likely N-dealkylation sites (tertiary alicyclic amines) is 1. The van der Waals surface area contributed by atoms with Crippen molar-refractivity contribution >= 4 is 21.8 Å². The van der Waals surface area contributed by atoms with Gasteiger partial charge < -0.3 is 4.90 Å². The number of carbonyl (C=O) groups excluding carboxylic acids is 1. The second kappa shape index (κ2) is 5.21. The second-order valence-electron chi connectivity index (χ2n) is 4.82. The summed E-state index contributed by atoms with van der Waals surface area (Å²) in [6, 6.07) is 0. The van der Waals surface area contributed by atoms with Crippen molar-refractivity contribution in [3.8, 4) is 0 Å². The minimum absolute atomic E-state index is 0.173. The van der Waals surface area contributed by atoms with Crippen molar-refractivity contribution < 1.29 is 4.79 Å². The number of aromatic nitrogens is 2. The second-order valence-corrected chi connectivity index (χ2v) is 5.68. The standard InChI is InChI=1S/C12H18BrN3O/c1-9-3-5-15(6-4-9)12(17)8-16-7-11(13)10(2)14-16/h7,9H,3-6,8H2,1-2H3. The van der Waals surface area contributed by atoms with Crippen molar-refractivity contribution in [3.63, 3.8) is 0 Å². The maximum Gasteiger partial charge on any atom is 0.244 e. The molecule has 1 aliphatic rings. The van der Waals surface area contributed by atoms with E-state index in [9.17, 15) is 4.79 Å². The maximum atomic E-state index is 12.0. The van der Waals surface area contributed by atoms with Gasteiger partial charge in [-0.3, -0.25) is 9.48 Å². The number of amides is 1. The molecule has 1 aliphatic heterocycles. The van der Waals surface area contributed by atoms with Gasteiger partial charge in [0.05, 0.1) is 10.2 Å². The summed E-state index contributed by atoms with van der Waals surface area (Å²) in [5.41, 5.74) is 0.921. The molecule has 0 saturated carbocycles. The molecular formula is C12H18BrN3O. The quantitative estimate of drug-likeness (QED) is 0.840. The number of piperidine rings is 1. The van der Waals surface area contributed by atoms with Gasteiger partial charge in [0.1, 0.15) is 6.54 Å². The monoisotopic (exact) mass is 299 g/mol. The SMILES string of the molecule is Cc1nn(CC(=O)N2CCC(C)CC2)cc1Br. The lowest BCUT2D eigenvalue weighted by molar-refractivity contribution is -0.133. The lowest BCUT2D eigenvalue weighted by Crippen LogP contribution is -2.39. The zero-order valence-electron chi connectivity index (χ0n) is 10.3. The van der Waals surface area contributed by atoms with Crippen molar-refractivity contribution in [2.45, 2.75) is 33.2 Å². The Morgan fingerprint density at radius 3 is 2.71 bits per heavy atom. The van der Waals surface area contributed by atoms with E-state index in [-0.39, 0.29) is 5.91 Å². The average molecular weight is 300 g/mol. The molecule has 5 heteroatoms. The Bertz CT molecular complexity index is 388. The fourth-order valence-electron chi connectivity index (χ4n) is 2.07.